The third-order valence-corrected chi connectivity index (χ3v) is 3.18. The summed E-state index contributed by atoms with van der Waals surface area (Å²) in [6.45, 7) is 1.82. The molecule has 0 spiro atoms. The molecule has 1 fully saturated rings. The van der Waals surface area contributed by atoms with E-state index in [0.29, 0.717) is 13.1 Å². The topological polar surface area (TPSA) is 76.4 Å². The molecule has 5 heteroatoms. The number of carbonyl (C=O) groups excluding carboxylic acids is 1. The average Bonchev–Trinajstić information content (AvgIpc) is 2.46. The monoisotopic (exact) mass is 263 g/mol. The quantitative estimate of drug-likeness (QED) is 0.775. The zero-order valence-electron chi connectivity index (χ0n) is 11.0. The van der Waals surface area contributed by atoms with Crippen molar-refractivity contribution in [3.05, 3.63) is 29.8 Å². The molecule has 1 atom stereocenters. The first-order chi connectivity index (χ1) is 9.28. The van der Waals surface area contributed by atoms with Gasteiger partial charge in [-0.25, -0.2) is 4.79 Å². The molecule has 1 aromatic carbocycles. The van der Waals surface area contributed by atoms with Crippen molar-refractivity contribution >= 4 is 11.7 Å². The van der Waals surface area contributed by atoms with E-state index in [0.717, 1.165) is 30.7 Å². The number of anilines is 1. The molecule has 0 bridgehead atoms. The molecule has 0 aliphatic carbocycles. The third-order valence-electron chi connectivity index (χ3n) is 3.18. The summed E-state index contributed by atoms with van der Waals surface area (Å²) in [5.74, 6) is 0. The molecular weight excluding hydrogens is 242 g/mol. The van der Waals surface area contributed by atoms with Crippen LogP contribution in [-0.4, -0.2) is 25.3 Å². The van der Waals surface area contributed by atoms with E-state index in [1.807, 2.05) is 24.3 Å². The smallest absolute Gasteiger partial charge is 0.319 e. The molecule has 2 amide bonds. The lowest BCUT2D eigenvalue weighted by atomic mass is 10.1. The van der Waals surface area contributed by atoms with Gasteiger partial charge in [-0.05, 0) is 37.0 Å². The summed E-state index contributed by atoms with van der Waals surface area (Å²) < 4.78 is 5.56. The average molecular weight is 263 g/mol. The highest BCUT2D eigenvalue weighted by atomic mass is 16.5. The molecule has 5 nitrogen and oxygen atoms in total. The highest BCUT2D eigenvalue weighted by Crippen LogP contribution is 2.12. The maximum Gasteiger partial charge on any atom is 0.319 e. The predicted octanol–water partition coefficient (Wildman–Crippen LogP) is 1.84. The lowest BCUT2D eigenvalue weighted by Gasteiger charge is -2.22. The van der Waals surface area contributed by atoms with Gasteiger partial charge in [-0.15, -0.1) is 0 Å². The van der Waals surface area contributed by atoms with Gasteiger partial charge in [-0.3, -0.25) is 0 Å². The van der Waals surface area contributed by atoms with Gasteiger partial charge in [-0.2, -0.15) is 0 Å². The molecule has 1 aromatic rings. The molecule has 4 N–H and O–H groups in total. The number of hydrogen-bond donors (Lipinski definition) is 3. The van der Waals surface area contributed by atoms with E-state index in [9.17, 15) is 4.79 Å². The number of ether oxygens (including phenoxy) is 1. The number of urea groups is 1. The molecule has 19 heavy (non-hydrogen) atoms. The highest BCUT2D eigenvalue weighted by molar-refractivity contribution is 5.89. The summed E-state index contributed by atoms with van der Waals surface area (Å²) in [7, 11) is 0. The fourth-order valence-electron chi connectivity index (χ4n) is 2.13. The Morgan fingerprint density at radius 3 is 3.05 bits per heavy atom. The van der Waals surface area contributed by atoms with Gasteiger partial charge in [0.2, 0.25) is 0 Å². The third kappa shape index (κ3) is 4.54. The summed E-state index contributed by atoms with van der Waals surface area (Å²) >= 11 is 0. The summed E-state index contributed by atoms with van der Waals surface area (Å²) in [6.07, 6.45) is 3.46. The van der Waals surface area contributed by atoms with Gasteiger partial charge in [0.05, 0.1) is 6.10 Å². The number of nitrogens with two attached hydrogens (primary N) is 1. The Bertz CT molecular complexity index is 417. The Balaban J connectivity index is 1.76. The first-order valence-electron chi connectivity index (χ1n) is 6.73. The van der Waals surface area contributed by atoms with Crippen LogP contribution in [0.2, 0.25) is 0 Å². The summed E-state index contributed by atoms with van der Waals surface area (Å²) in [4.78, 5) is 11.7. The standard InChI is InChI=1S/C14H21N3O2/c15-9-11-4-3-5-12(8-11)17-14(18)16-10-13-6-1-2-7-19-13/h3-5,8,13H,1-2,6-7,9-10,15H2,(H2,16,17,18). The second-order valence-electron chi connectivity index (χ2n) is 4.73. The van der Waals surface area contributed by atoms with Gasteiger partial charge in [-0.1, -0.05) is 12.1 Å². The van der Waals surface area contributed by atoms with Crippen LogP contribution >= 0.6 is 0 Å². The van der Waals surface area contributed by atoms with E-state index in [-0.39, 0.29) is 12.1 Å². The van der Waals surface area contributed by atoms with Crippen molar-refractivity contribution in [1.29, 1.82) is 0 Å². The minimum absolute atomic E-state index is 0.148. The molecule has 0 radical (unpaired) electrons. The van der Waals surface area contributed by atoms with Gasteiger partial charge in [0.15, 0.2) is 0 Å². The number of amides is 2. The van der Waals surface area contributed by atoms with Crippen LogP contribution in [0.5, 0.6) is 0 Å². The number of hydrogen-bond acceptors (Lipinski definition) is 3. The minimum Gasteiger partial charge on any atom is -0.376 e. The van der Waals surface area contributed by atoms with Crippen LogP contribution in [-0.2, 0) is 11.3 Å². The Labute approximate surface area is 113 Å². The maximum absolute atomic E-state index is 11.7. The molecule has 2 rings (SSSR count). The first-order valence-corrected chi connectivity index (χ1v) is 6.73. The van der Waals surface area contributed by atoms with E-state index in [4.69, 9.17) is 10.5 Å². The number of benzene rings is 1. The van der Waals surface area contributed by atoms with E-state index in [1.165, 1.54) is 6.42 Å². The van der Waals surface area contributed by atoms with Crippen LogP contribution in [0.15, 0.2) is 24.3 Å². The van der Waals surface area contributed by atoms with Gasteiger partial charge in [0.1, 0.15) is 0 Å². The van der Waals surface area contributed by atoms with Crippen molar-refractivity contribution in [3.63, 3.8) is 0 Å². The zero-order valence-corrected chi connectivity index (χ0v) is 11.0. The van der Waals surface area contributed by atoms with Gasteiger partial charge >= 0.3 is 6.03 Å². The molecule has 1 unspecified atom stereocenters. The fourth-order valence-corrected chi connectivity index (χ4v) is 2.13. The van der Waals surface area contributed by atoms with Crippen molar-refractivity contribution in [2.45, 2.75) is 31.9 Å². The Morgan fingerprint density at radius 1 is 1.42 bits per heavy atom. The predicted molar refractivity (Wildman–Crippen MR) is 74.9 cm³/mol. The summed E-state index contributed by atoms with van der Waals surface area (Å²) in [5, 5.41) is 5.63. The van der Waals surface area contributed by atoms with Crippen LogP contribution in [0.4, 0.5) is 10.5 Å². The second-order valence-corrected chi connectivity index (χ2v) is 4.73. The molecule has 104 valence electrons. The number of rotatable bonds is 4. The molecular formula is C14H21N3O2. The summed E-state index contributed by atoms with van der Waals surface area (Å²) in [5.41, 5.74) is 7.31. The summed E-state index contributed by atoms with van der Waals surface area (Å²) in [6, 6.07) is 7.32. The van der Waals surface area contributed by atoms with Crippen molar-refractivity contribution in [2.75, 3.05) is 18.5 Å². The van der Waals surface area contributed by atoms with Crippen LogP contribution in [0.25, 0.3) is 0 Å². The lowest BCUT2D eigenvalue weighted by Crippen LogP contribution is -2.37. The lowest BCUT2D eigenvalue weighted by molar-refractivity contribution is 0.0187. The van der Waals surface area contributed by atoms with Crippen molar-refractivity contribution in [2.24, 2.45) is 5.73 Å². The minimum atomic E-state index is -0.205. The van der Waals surface area contributed by atoms with E-state index in [1.54, 1.807) is 0 Å². The molecule has 1 aliphatic heterocycles. The van der Waals surface area contributed by atoms with Crippen molar-refractivity contribution in [1.82, 2.24) is 5.32 Å². The second kappa shape index (κ2) is 7.11. The molecule has 0 saturated carbocycles. The van der Waals surface area contributed by atoms with Gasteiger partial charge < -0.3 is 21.1 Å². The highest BCUT2D eigenvalue weighted by Gasteiger charge is 2.14. The molecule has 1 heterocycles. The van der Waals surface area contributed by atoms with Crippen LogP contribution < -0.4 is 16.4 Å². The fraction of sp³-hybridized carbons (Fsp3) is 0.500. The van der Waals surface area contributed by atoms with Gasteiger partial charge in [0.25, 0.3) is 0 Å². The SMILES string of the molecule is NCc1cccc(NC(=O)NCC2CCCCO2)c1. The Kier molecular flexibility index (Phi) is 5.18. The van der Waals surface area contributed by atoms with E-state index >= 15 is 0 Å². The number of carbonyl (C=O) groups is 1. The molecule has 0 aromatic heterocycles. The Hall–Kier alpha value is -1.59. The van der Waals surface area contributed by atoms with Crippen LogP contribution in [0.1, 0.15) is 24.8 Å². The van der Waals surface area contributed by atoms with E-state index < -0.39 is 0 Å². The maximum atomic E-state index is 11.7. The largest absolute Gasteiger partial charge is 0.376 e. The van der Waals surface area contributed by atoms with Gasteiger partial charge in [0, 0.05) is 25.4 Å². The first kappa shape index (κ1) is 13.8. The molecule has 1 saturated heterocycles. The Morgan fingerprint density at radius 2 is 2.32 bits per heavy atom. The molecule has 1 aliphatic rings. The van der Waals surface area contributed by atoms with E-state index in [2.05, 4.69) is 10.6 Å². The normalized spacial score (nSPS) is 18.9. The van der Waals surface area contributed by atoms with Crippen molar-refractivity contribution < 1.29 is 9.53 Å². The number of nitrogens with one attached hydrogen (secondary N) is 2. The van der Waals surface area contributed by atoms with Crippen LogP contribution in [0.3, 0.4) is 0 Å². The zero-order chi connectivity index (χ0) is 13.5. The van der Waals surface area contributed by atoms with Crippen molar-refractivity contribution in [3.8, 4) is 0 Å². The van der Waals surface area contributed by atoms with Crippen LogP contribution in [0, 0.1) is 0 Å².